The van der Waals surface area contributed by atoms with Crippen molar-refractivity contribution in [3.63, 3.8) is 0 Å². The Morgan fingerprint density at radius 2 is 2.28 bits per heavy atom. The van der Waals surface area contributed by atoms with Gasteiger partial charge in [0.1, 0.15) is 5.01 Å². The lowest BCUT2D eigenvalue weighted by Gasteiger charge is -1.99. The zero-order chi connectivity index (χ0) is 17.6. The van der Waals surface area contributed by atoms with E-state index in [0.717, 1.165) is 20.7 Å². The maximum absolute atomic E-state index is 12.2. The van der Waals surface area contributed by atoms with Gasteiger partial charge < -0.3 is 5.32 Å². The lowest BCUT2D eigenvalue weighted by Crippen LogP contribution is -2.14. The molecule has 1 amide bonds. The third-order valence-electron chi connectivity index (χ3n) is 2.94. The van der Waals surface area contributed by atoms with Crippen molar-refractivity contribution in [2.45, 2.75) is 10.8 Å². The predicted molar refractivity (Wildman–Crippen MR) is 106 cm³/mol. The number of amides is 1. The molecule has 0 spiro atoms. The minimum Gasteiger partial charge on any atom is -0.300 e. The summed E-state index contributed by atoms with van der Waals surface area (Å²) >= 11 is 10.4. The summed E-state index contributed by atoms with van der Waals surface area (Å²) in [5, 5.41) is 14.6. The fourth-order valence-corrected chi connectivity index (χ4v) is 4.46. The molecule has 3 rings (SSSR count). The van der Waals surface area contributed by atoms with Crippen LogP contribution in [-0.2, 0) is 11.2 Å². The number of thioether (sulfide) groups is 1. The summed E-state index contributed by atoms with van der Waals surface area (Å²) < 4.78 is 0.798. The number of nitrogens with one attached hydrogen (secondary N) is 1. The van der Waals surface area contributed by atoms with Crippen molar-refractivity contribution in [2.75, 3.05) is 11.1 Å². The molecule has 1 aromatic carbocycles. The Hall–Kier alpha value is -1.74. The number of hydrogen-bond donors (Lipinski definition) is 1. The molecule has 1 N–H and O–H groups in total. The van der Waals surface area contributed by atoms with Crippen LogP contribution in [0.25, 0.3) is 10.6 Å². The second kappa shape index (κ2) is 8.57. The Bertz CT molecular complexity index is 893. The molecule has 0 aliphatic heterocycles. The number of carbonyl (C=O) groups is 1. The third-order valence-corrected chi connectivity index (χ3v) is 6.09. The van der Waals surface area contributed by atoms with Crippen molar-refractivity contribution >= 4 is 57.1 Å². The standard InChI is InChI=1S/C16H13ClN4OS3/c1-2-6-23-16-21-20-15(25-16)19-13(22)8-12-9-24-14(18-12)10-4-3-5-11(17)7-10/h2-5,7,9H,1,6,8H2,(H,19,20,22). The third kappa shape index (κ3) is 5.12. The molecule has 0 atom stereocenters. The summed E-state index contributed by atoms with van der Waals surface area (Å²) in [5.74, 6) is 0.590. The summed E-state index contributed by atoms with van der Waals surface area (Å²) in [5.41, 5.74) is 1.65. The number of thiazole rings is 1. The molecule has 0 saturated heterocycles. The number of hydrogen-bond acceptors (Lipinski definition) is 7. The molecule has 2 aromatic heterocycles. The van der Waals surface area contributed by atoms with Gasteiger partial charge in [-0.15, -0.1) is 28.1 Å². The molecule has 9 heteroatoms. The topological polar surface area (TPSA) is 67.8 Å². The highest BCUT2D eigenvalue weighted by atomic mass is 35.5. The lowest BCUT2D eigenvalue weighted by molar-refractivity contribution is -0.115. The normalized spacial score (nSPS) is 10.6. The quantitative estimate of drug-likeness (QED) is 0.346. The maximum Gasteiger partial charge on any atom is 0.232 e. The molecule has 0 aliphatic rings. The van der Waals surface area contributed by atoms with Crippen molar-refractivity contribution in [3.8, 4) is 10.6 Å². The van der Waals surface area contributed by atoms with E-state index in [1.165, 1.54) is 34.4 Å². The van der Waals surface area contributed by atoms with Gasteiger partial charge in [-0.2, -0.15) is 0 Å². The molecule has 0 saturated carbocycles. The zero-order valence-electron chi connectivity index (χ0n) is 12.9. The Balaban J connectivity index is 1.60. The summed E-state index contributed by atoms with van der Waals surface area (Å²) in [6.45, 7) is 3.66. The van der Waals surface area contributed by atoms with Crippen molar-refractivity contribution in [1.29, 1.82) is 0 Å². The Labute approximate surface area is 162 Å². The Morgan fingerprint density at radius 3 is 3.08 bits per heavy atom. The van der Waals surface area contributed by atoms with Crippen LogP contribution in [0.2, 0.25) is 5.02 Å². The van der Waals surface area contributed by atoms with E-state index in [2.05, 4.69) is 27.1 Å². The van der Waals surface area contributed by atoms with Gasteiger partial charge >= 0.3 is 0 Å². The van der Waals surface area contributed by atoms with E-state index in [0.29, 0.717) is 15.8 Å². The van der Waals surface area contributed by atoms with E-state index in [4.69, 9.17) is 11.6 Å². The van der Waals surface area contributed by atoms with Gasteiger partial charge in [-0.1, -0.05) is 52.9 Å². The van der Waals surface area contributed by atoms with Crippen LogP contribution in [0.5, 0.6) is 0 Å². The number of nitrogens with zero attached hydrogens (tertiary/aromatic N) is 3. The molecule has 0 radical (unpaired) electrons. The van der Waals surface area contributed by atoms with E-state index >= 15 is 0 Å². The fraction of sp³-hybridized carbons (Fsp3) is 0.125. The summed E-state index contributed by atoms with van der Waals surface area (Å²) in [6, 6.07) is 7.49. The zero-order valence-corrected chi connectivity index (χ0v) is 16.1. The minimum atomic E-state index is -0.167. The molecule has 128 valence electrons. The van der Waals surface area contributed by atoms with Gasteiger partial charge in [0.25, 0.3) is 0 Å². The molecule has 0 fully saturated rings. The SMILES string of the molecule is C=CCSc1nnc(NC(=O)Cc2csc(-c3cccc(Cl)c3)n2)s1. The summed E-state index contributed by atoms with van der Waals surface area (Å²) in [7, 11) is 0. The van der Waals surface area contributed by atoms with Crippen molar-refractivity contribution in [2.24, 2.45) is 0 Å². The van der Waals surface area contributed by atoms with Crippen molar-refractivity contribution in [1.82, 2.24) is 15.2 Å². The minimum absolute atomic E-state index is 0.167. The van der Waals surface area contributed by atoms with Crippen molar-refractivity contribution < 1.29 is 4.79 Å². The number of rotatable bonds is 7. The molecule has 25 heavy (non-hydrogen) atoms. The molecule has 0 unspecified atom stereocenters. The molecule has 3 aromatic rings. The van der Waals surface area contributed by atoms with Gasteiger partial charge in [-0.3, -0.25) is 4.79 Å². The van der Waals surface area contributed by atoms with Gasteiger partial charge in [-0.25, -0.2) is 4.98 Å². The monoisotopic (exact) mass is 408 g/mol. The average molecular weight is 409 g/mol. The van der Waals surface area contributed by atoms with E-state index in [9.17, 15) is 4.79 Å². The van der Waals surface area contributed by atoms with E-state index in [1.807, 2.05) is 29.6 Å². The number of carbonyl (C=O) groups excluding carboxylic acids is 1. The van der Waals surface area contributed by atoms with Gasteiger partial charge in [0.15, 0.2) is 4.34 Å². The van der Waals surface area contributed by atoms with E-state index in [-0.39, 0.29) is 12.3 Å². The van der Waals surface area contributed by atoms with Crippen LogP contribution in [0.15, 0.2) is 46.6 Å². The lowest BCUT2D eigenvalue weighted by atomic mass is 10.2. The van der Waals surface area contributed by atoms with Gasteiger partial charge in [-0.05, 0) is 12.1 Å². The first-order chi connectivity index (χ1) is 12.1. The Morgan fingerprint density at radius 1 is 1.40 bits per heavy atom. The fourth-order valence-electron chi connectivity index (χ4n) is 1.92. The highest BCUT2D eigenvalue weighted by molar-refractivity contribution is 8.01. The predicted octanol–water partition coefficient (Wildman–Crippen LogP) is 4.77. The number of benzene rings is 1. The summed E-state index contributed by atoms with van der Waals surface area (Å²) in [6.07, 6.45) is 1.98. The van der Waals surface area contributed by atoms with Gasteiger partial charge in [0.05, 0.1) is 12.1 Å². The summed E-state index contributed by atoms with van der Waals surface area (Å²) in [4.78, 5) is 16.7. The van der Waals surface area contributed by atoms with Crippen molar-refractivity contribution in [3.05, 3.63) is 53.0 Å². The molecule has 0 bridgehead atoms. The second-order valence-corrected chi connectivity index (χ2v) is 8.39. The highest BCUT2D eigenvalue weighted by Gasteiger charge is 2.12. The van der Waals surface area contributed by atoms with Crippen LogP contribution in [0.4, 0.5) is 5.13 Å². The van der Waals surface area contributed by atoms with Gasteiger partial charge in [0, 0.05) is 21.7 Å². The molecule has 5 nitrogen and oxygen atoms in total. The molecular weight excluding hydrogens is 396 g/mol. The first-order valence-corrected chi connectivity index (χ1v) is 10.3. The smallest absolute Gasteiger partial charge is 0.232 e. The highest BCUT2D eigenvalue weighted by Crippen LogP contribution is 2.27. The molecule has 0 aliphatic carbocycles. The van der Waals surface area contributed by atoms with Crippen LogP contribution < -0.4 is 5.32 Å². The molecule has 2 heterocycles. The van der Waals surface area contributed by atoms with Crippen LogP contribution in [0.3, 0.4) is 0 Å². The average Bonchev–Trinajstić information content (AvgIpc) is 3.22. The van der Waals surface area contributed by atoms with Crippen LogP contribution in [0.1, 0.15) is 5.69 Å². The van der Waals surface area contributed by atoms with Crippen LogP contribution in [0, 0.1) is 0 Å². The van der Waals surface area contributed by atoms with Crippen LogP contribution >= 0.6 is 46.0 Å². The van der Waals surface area contributed by atoms with Crippen LogP contribution in [-0.4, -0.2) is 26.8 Å². The first-order valence-electron chi connectivity index (χ1n) is 7.21. The molecular formula is C16H13ClN4OS3. The Kier molecular flexibility index (Phi) is 6.19. The first kappa shape index (κ1) is 18.1. The van der Waals surface area contributed by atoms with E-state index in [1.54, 1.807) is 6.08 Å². The second-order valence-electron chi connectivity index (χ2n) is 4.85. The maximum atomic E-state index is 12.2. The number of anilines is 1. The largest absolute Gasteiger partial charge is 0.300 e. The van der Waals surface area contributed by atoms with E-state index < -0.39 is 0 Å². The number of halogens is 1. The number of aromatic nitrogens is 3. The van der Waals surface area contributed by atoms with Gasteiger partial charge in [0.2, 0.25) is 11.0 Å².